The van der Waals surface area contributed by atoms with Gasteiger partial charge in [-0.15, -0.1) is 5.10 Å². The number of carbonyl (C=O) groups excluding carboxylic acids is 1. The highest BCUT2D eigenvalue weighted by atomic mass is 32.2. The number of benzene rings is 1. The summed E-state index contributed by atoms with van der Waals surface area (Å²) in [5, 5.41) is 17.8. The van der Waals surface area contributed by atoms with Crippen molar-refractivity contribution in [3.05, 3.63) is 29.3 Å². The van der Waals surface area contributed by atoms with E-state index in [1.807, 2.05) is 6.92 Å². The van der Waals surface area contributed by atoms with Gasteiger partial charge in [0, 0.05) is 5.56 Å². The summed E-state index contributed by atoms with van der Waals surface area (Å²) in [6.45, 7) is 2.18. The van der Waals surface area contributed by atoms with Crippen molar-refractivity contribution in [1.82, 2.24) is 5.32 Å². The predicted molar refractivity (Wildman–Crippen MR) is 94.0 cm³/mol. The molecule has 2 rings (SSSR count). The number of alkyl halides is 3. The fourth-order valence-corrected chi connectivity index (χ4v) is 2.97. The molecule has 1 saturated heterocycles. The molecular formula is C16H16F3N3O4S. The van der Waals surface area contributed by atoms with Crippen LogP contribution in [0.15, 0.2) is 28.4 Å². The van der Waals surface area contributed by atoms with E-state index < -0.39 is 28.9 Å². The molecule has 1 aromatic rings. The fourth-order valence-electron chi connectivity index (χ4n) is 2.06. The van der Waals surface area contributed by atoms with Gasteiger partial charge in [-0.05, 0) is 24.6 Å². The van der Waals surface area contributed by atoms with Gasteiger partial charge in [0.15, 0.2) is 5.17 Å². The lowest BCUT2D eigenvalue weighted by Gasteiger charge is -2.11. The van der Waals surface area contributed by atoms with Crippen molar-refractivity contribution in [2.45, 2.75) is 31.2 Å². The Morgan fingerprint density at radius 1 is 1.44 bits per heavy atom. The van der Waals surface area contributed by atoms with E-state index in [9.17, 15) is 22.8 Å². The molecule has 0 aliphatic carbocycles. The second-order valence-corrected chi connectivity index (χ2v) is 6.63. The number of aliphatic carboxylic acids is 1. The second kappa shape index (κ2) is 8.89. The van der Waals surface area contributed by atoms with Gasteiger partial charge in [0.1, 0.15) is 11.0 Å². The number of nitrogens with zero attached hydrogens (tertiary/aromatic N) is 2. The smallest absolute Gasteiger partial charge is 0.416 e. The SMILES string of the molecule is CCCOc1ccc(C(F)(F)F)cc1C=NN=C1NC(=O)C(CC(=O)O)S1. The molecule has 146 valence electrons. The van der Waals surface area contributed by atoms with Crippen LogP contribution in [0.5, 0.6) is 5.75 Å². The summed E-state index contributed by atoms with van der Waals surface area (Å²) >= 11 is 0.891. The van der Waals surface area contributed by atoms with Gasteiger partial charge < -0.3 is 15.2 Å². The summed E-state index contributed by atoms with van der Waals surface area (Å²) in [4.78, 5) is 22.3. The zero-order chi connectivity index (χ0) is 20.0. The quantitative estimate of drug-likeness (QED) is 0.539. The van der Waals surface area contributed by atoms with E-state index in [1.54, 1.807) is 0 Å². The van der Waals surface area contributed by atoms with Crippen LogP contribution in [0, 0.1) is 0 Å². The first kappa shape index (κ1) is 20.7. The molecule has 0 bridgehead atoms. The highest BCUT2D eigenvalue weighted by Gasteiger charge is 2.32. The van der Waals surface area contributed by atoms with Gasteiger partial charge in [0.05, 0.1) is 24.8 Å². The van der Waals surface area contributed by atoms with Crippen molar-refractivity contribution < 1.29 is 32.6 Å². The fraction of sp³-hybridized carbons (Fsp3) is 0.375. The zero-order valence-electron chi connectivity index (χ0n) is 14.1. The van der Waals surface area contributed by atoms with Crippen molar-refractivity contribution in [2.24, 2.45) is 10.2 Å². The van der Waals surface area contributed by atoms with Gasteiger partial charge >= 0.3 is 12.1 Å². The maximum Gasteiger partial charge on any atom is 0.416 e. The minimum absolute atomic E-state index is 0.0745. The third-order valence-electron chi connectivity index (χ3n) is 3.28. The summed E-state index contributed by atoms with van der Waals surface area (Å²) < 4.78 is 44.1. The number of amides is 1. The largest absolute Gasteiger partial charge is 0.493 e. The number of halogens is 3. The maximum atomic E-state index is 12.9. The first-order valence-electron chi connectivity index (χ1n) is 7.85. The number of nitrogens with one attached hydrogen (secondary N) is 1. The number of hydrogen-bond acceptors (Lipinski definition) is 6. The Morgan fingerprint density at radius 2 is 2.19 bits per heavy atom. The van der Waals surface area contributed by atoms with Crippen LogP contribution < -0.4 is 10.1 Å². The summed E-state index contributed by atoms with van der Waals surface area (Å²) in [6.07, 6.45) is -3.13. The van der Waals surface area contributed by atoms with E-state index in [0.717, 1.165) is 30.1 Å². The molecule has 1 fully saturated rings. The topological polar surface area (TPSA) is 100 Å². The Morgan fingerprint density at radius 3 is 2.81 bits per heavy atom. The van der Waals surface area contributed by atoms with Crippen molar-refractivity contribution in [1.29, 1.82) is 0 Å². The number of carboxylic acid groups (broad SMARTS) is 1. The third kappa shape index (κ3) is 5.98. The van der Waals surface area contributed by atoms with Gasteiger partial charge in [-0.2, -0.15) is 18.3 Å². The maximum absolute atomic E-state index is 12.9. The molecule has 0 aromatic heterocycles. The molecular weight excluding hydrogens is 387 g/mol. The van der Waals surface area contributed by atoms with Crippen LogP contribution in [0.25, 0.3) is 0 Å². The zero-order valence-corrected chi connectivity index (χ0v) is 14.9. The Kier molecular flexibility index (Phi) is 6.83. The van der Waals surface area contributed by atoms with Gasteiger partial charge in [0.25, 0.3) is 0 Å². The molecule has 1 aliphatic rings. The molecule has 7 nitrogen and oxygen atoms in total. The molecule has 0 spiro atoms. The monoisotopic (exact) mass is 403 g/mol. The van der Waals surface area contributed by atoms with E-state index in [-0.39, 0.29) is 22.9 Å². The Balaban J connectivity index is 2.19. The van der Waals surface area contributed by atoms with Crippen LogP contribution >= 0.6 is 11.8 Å². The van der Waals surface area contributed by atoms with Gasteiger partial charge in [0.2, 0.25) is 5.91 Å². The average Bonchev–Trinajstić information content (AvgIpc) is 2.91. The van der Waals surface area contributed by atoms with Crippen LogP contribution in [-0.2, 0) is 15.8 Å². The standard InChI is InChI=1S/C16H16F3N3O4S/c1-2-5-26-11-4-3-10(16(17,18)19)6-9(11)8-20-22-15-21-14(25)12(27-15)7-13(23)24/h3-4,6,8,12H,2,5,7H2,1H3,(H,23,24)(H,21,22,25). The molecule has 0 radical (unpaired) electrons. The summed E-state index contributed by atoms with van der Waals surface area (Å²) in [5.74, 6) is -1.42. The average molecular weight is 403 g/mol. The number of carboxylic acids is 1. The number of thioether (sulfide) groups is 1. The number of carbonyl (C=O) groups is 2. The highest BCUT2D eigenvalue weighted by Crippen LogP contribution is 2.32. The first-order valence-corrected chi connectivity index (χ1v) is 8.73. The lowest BCUT2D eigenvalue weighted by atomic mass is 10.1. The number of rotatable bonds is 7. The van der Waals surface area contributed by atoms with E-state index in [4.69, 9.17) is 9.84 Å². The van der Waals surface area contributed by atoms with E-state index in [0.29, 0.717) is 13.0 Å². The van der Waals surface area contributed by atoms with Crippen molar-refractivity contribution in [3.63, 3.8) is 0 Å². The Hall–Kier alpha value is -2.56. The van der Waals surface area contributed by atoms with E-state index in [2.05, 4.69) is 15.5 Å². The molecule has 27 heavy (non-hydrogen) atoms. The Labute approximate surface area is 156 Å². The molecule has 1 aliphatic heterocycles. The van der Waals surface area contributed by atoms with Crippen LogP contribution in [0.1, 0.15) is 30.9 Å². The lowest BCUT2D eigenvalue weighted by molar-refractivity contribution is -0.138. The summed E-state index contributed by atoms with van der Waals surface area (Å²) in [7, 11) is 0. The van der Waals surface area contributed by atoms with Gasteiger partial charge in [-0.3, -0.25) is 9.59 Å². The normalized spacial score (nSPS) is 18.9. The van der Waals surface area contributed by atoms with Crippen molar-refractivity contribution in [3.8, 4) is 5.75 Å². The molecule has 1 heterocycles. The Bertz CT molecular complexity index is 781. The summed E-state index contributed by atoms with van der Waals surface area (Å²) in [5.41, 5.74) is -0.774. The predicted octanol–water partition coefficient (Wildman–Crippen LogP) is 2.89. The molecule has 1 atom stereocenters. The number of hydrogen-bond donors (Lipinski definition) is 2. The van der Waals surface area contributed by atoms with Crippen LogP contribution in [0.3, 0.4) is 0 Å². The highest BCUT2D eigenvalue weighted by molar-refractivity contribution is 8.15. The third-order valence-corrected chi connectivity index (χ3v) is 4.35. The van der Waals surface area contributed by atoms with Gasteiger partial charge in [-0.1, -0.05) is 18.7 Å². The molecule has 1 unspecified atom stereocenters. The van der Waals surface area contributed by atoms with E-state index in [1.165, 1.54) is 6.07 Å². The molecule has 1 amide bonds. The minimum Gasteiger partial charge on any atom is -0.493 e. The lowest BCUT2D eigenvalue weighted by Crippen LogP contribution is -2.26. The van der Waals surface area contributed by atoms with Crippen molar-refractivity contribution >= 4 is 35.0 Å². The second-order valence-electron chi connectivity index (χ2n) is 5.44. The van der Waals surface area contributed by atoms with Crippen LogP contribution in [0.2, 0.25) is 0 Å². The minimum atomic E-state index is -4.52. The molecule has 11 heteroatoms. The number of ether oxygens (including phenoxy) is 1. The first-order chi connectivity index (χ1) is 12.7. The molecule has 2 N–H and O–H groups in total. The van der Waals surface area contributed by atoms with Crippen LogP contribution in [0.4, 0.5) is 13.2 Å². The van der Waals surface area contributed by atoms with E-state index >= 15 is 0 Å². The number of amidine groups is 1. The van der Waals surface area contributed by atoms with Gasteiger partial charge in [-0.25, -0.2) is 0 Å². The van der Waals surface area contributed by atoms with Crippen molar-refractivity contribution in [2.75, 3.05) is 6.61 Å². The summed E-state index contributed by atoms with van der Waals surface area (Å²) in [6, 6.07) is 3.02. The van der Waals surface area contributed by atoms with Crippen LogP contribution in [-0.4, -0.2) is 40.2 Å². The molecule has 0 saturated carbocycles. The molecule has 1 aromatic carbocycles.